The minimum absolute atomic E-state index is 0.0308. The number of carbonyl (C=O) groups is 2. The molecule has 0 bridgehead atoms. The molecule has 0 saturated carbocycles. The van der Waals surface area contributed by atoms with Crippen molar-refractivity contribution in [3.05, 3.63) is 59.2 Å². The van der Waals surface area contributed by atoms with Crippen LogP contribution in [0.3, 0.4) is 0 Å². The van der Waals surface area contributed by atoms with Crippen LogP contribution in [0.15, 0.2) is 42.5 Å². The Hall–Kier alpha value is -2.82. The molecular formula is C20H22N2O3. The molecule has 2 amide bonds. The van der Waals surface area contributed by atoms with Gasteiger partial charge < -0.3 is 15.0 Å². The fourth-order valence-corrected chi connectivity index (χ4v) is 2.96. The number of ether oxygens (including phenoxy) is 1. The summed E-state index contributed by atoms with van der Waals surface area (Å²) in [5.41, 5.74) is 3.78. The van der Waals surface area contributed by atoms with Crippen molar-refractivity contribution in [2.45, 2.75) is 26.3 Å². The first kappa shape index (κ1) is 17.0. The molecule has 25 heavy (non-hydrogen) atoms. The van der Waals surface area contributed by atoms with Crippen molar-refractivity contribution >= 4 is 17.5 Å². The number of hydrogen-bond donors (Lipinski definition) is 1. The average molecular weight is 338 g/mol. The number of carbonyl (C=O) groups excluding carboxylic acids is 2. The fraction of sp³-hybridized carbons (Fsp3) is 0.300. The number of methoxy groups -OCH3 is 1. The lowest BCUT2D eigenvalue weighted by atomic mass is 10.1. The second-order valence-electron chi connectivity index (χ2n) is 6.38. The molecule has 5 heteroatoms. The maximum atomic E-state index is 12.4. The number of nitrogens with one attached hydrogen (secondary N) is 1. The number of amides is 2. The Balaban J connectivity index is 1.67. The predicted octanol–water partition coefficient (Wildman–Crippen LogP) is 2.85. The molecule has 0 aromatic heterocycles. The quantitative estimate of drug-likeness (QED) is 0.932. The predicted molar refractivity (Wildman–Crippen MR) is 97.1 cm³/mol. The first-order valence-electron chi connectivity index (χ1n) is 8.30. The van der Waals surface area contributed by atoms with E-state index in [1.54, 1.807) is 36.3 Å². The van der Waals surface area contributed by atoms with Gasteiger partial charge in [-0.1, -0.05) is 6.07 Å². The Morgan fingerprint density at radius 3 is 2.48 bits per heavy atom. The number of nitrogens with zero attached hydrogens (tertiary/aromatic N) is 1. The first-order chi connectivity index (χ1) is 12.0. The van der Waals surface area contributed by atoms with Gasteiger partial charge >= 0.3 is 0 Å². The van der Waals surface area contributed by atoms with E-state index >= 15 is 0 Å². The molecule has 0 aliphatic carbocycles. The summed E-state index contributed by atoms with van der Waals surface area (Å²) in [7, 11) is 1.58. The summed E-state index contributed by atoms with van der Waals surface area (Å²) in [6, 6.07) is 12.7. The summed E-state index contributed by atoms with van der Waals surface area (Å²) in [5, 5.41) is 2.95. The first-order valence-corrected chi connectivity index (χ1v) is 8.30. The molecule has 1 aliphatic heterocycles. The van der Waals surface area contributed by atoms with Gasteiger partial charge in [0, 0.05) is 24.2 Å². The third-order valence-electron chi connectivity index (χ3n) is 4.61. The van der Waals surface area contributed by atoms with Gasteiger partial charge in [-0.3, -0.25) is 9.59 Å². The molecule has 1 aliphatic rings. The van der Waals surface area contributed by atoms with Gasteiger partial charge in [0.25, 0.3) is 5.91 Å². The number of rotatable bonds is 4. The zero-order valence-corrected chi connectivity index (χ0v) is 14.7. The van der Waals surface area contributed by atoms with Crippen LogP contribution in [0.5, 0.6) is 5.75 Å². The lowest BCUT2D eigenvalue weighted by molar-refractivity contribution is -0.117. The minimum atomic E-state index is -0.191. The lowest BCUT2D eigenvalue weighted by Gasteiger charge is -2.18. The van der Waals surface area contributed by atoms with Crippen molar-refractivity contribution < 1.29 is 14.3 Å². The van der Waals surface area contributed by atoms with E-state index in [2.05, 4.69) is 5.32 Å². The second-order valence-corrected chi connectivity index (χ2v) is 6.38. The van der Waals surface area contributed by atoms with Crippen molar-refractivity contribution in [1.82, 2.24) is 5.32 Å². The fourth-order valence-electron chi connectivity index (χ4n) is 2.96. The molecule has 1 unspecified atom stereocenters. The summed E-state index contributed by atoms with van der Waals surface area (Å²) in [6.07, 6.45) is 0.314. The van der Waals surface area contributed by atoms with E-state index < -0.39 is 0 Å². The molecule has 0 radical (unpaired) electrons. The normalized spacial score (nSPS) is 16.8. The Labute approximate surface area is 147 Å². The van der Waals surface area contributed by atoms with E-state index in [9.17, 15) is 9.59 Å². The maximum absolute atomic E-state index is 12.4. The highest BCUT2D eigenvalue weighted by atomic mass is 16.5. The molecule has 2 aromatic carbocycles. The van der Waals surface area contributed by atoms with Gasteiger partial charge in [-0.25, -0.2) is 0 Å². The van der Waals surface area contributed by atoms with Crippen LogP contribution in [-0.2, 0) is 4.79 Å². The molecule has 1 N–H and O–H groups in total. The monoisotopic (exact) mass is 338 g/mol. The minimum Gasteiger partial charge on any atom is -0.497 e. The van der Waals surface area contributed by atoms with Gasteiger partial charge in [-0.2, -0.15) is 0 Å². The van der Waals surface area contributed by atoms with Crippen molar-refractivity contribution in [2.24, 2.45) is 0 Å². The van der Waals surface area contributed by atoms with E-state index in [1.165, 1.54) is 5.56 Å². The Kier molecular flexibility index (Phi) is 4.74. The average Bonchev–Trinajstić information content (AvgIpc) is 2.97. The molecule has 3 rings (SSSR count). The number of benzene rings is 2. The van der Waals surface area contributed by atoms with Crippen LogP contribution in [0.25, 0.3) is 0 Å². The number of anilines is 1. The van der Waals surface area contributed by atoms with Crippen molar-refractivity contribution in [1.29, 1.82) is 0 Å². The van der Waals surface area contributed by atoms with Gasteiger partial charge in [-0.05, 0) is 61.4 Å². The molecule has 1 saturated heterocycles. The largest absolute Gasteiger partial charge is 0.497 e. The van der Waals surface area contributed by atoms with Gasteiger partial charge in [0.15, 0.2) is 0 Å². The highest BCUT2D eigenvalue weighted by molar-refractivity contribution is 5.99. The van der Waals surface area contributed by atoms with E-state index in [0.717, 1.165) is 11.3 Å². The van der Waals surface area contributed by atoms with Crippen molar-refractivity contribution in [3.63, 3.8) is 0 Å². The summed E-state index contributed by atoms with van der Waals surface area (Å²) >= 11 is 0. The van der Waals surface area contributed by atoms with Gasteiger partial charge in [0.2, 0.25) is 5.91 Å². The number of hydrogen-bond acceptors (Lipinski definition) is 3. The topological polar surface area (TPSA) is 58.6 Å². The maximum Gasteiger partial charge on any atom is 0.251 e. The third kappa shape index (κ3) is 3.65. The second kappa shape index (κ2) is 6.97. The van der Waals surface area contributed by atoms with Crippen LogP contribution in [0, 0.1) is 13.8 Å². The molecular weight excluding hydrogens is 316 g/mol. The van der Waals surface area contributed by atoms with Crippen LogP contribution in [-0.4, -0.2) is 31.5 Å². The SMILES string of the molecule is COc1ccc(C(=O)NC2CC(=O)N(c3ccc(C)c(C)c3)C2)cc1. The molecule has 130 valence electrons. The summed E-state index contributed by atoms with van der Waals surface area (Å²) < 4.78 is 5.09. The Morgan fingerprint density at radius 1 is 1.12 bits per heavy atom. The van der Waals surface area contributed by atoms with E-state index in [0.29, 0.717) is 24.3 Å². The van der Waals surface area contributed by atoms with E-state index in [4.69, 9.17) is 4.74 Å². The smallest absolute Gasteiger partial charge is 0.251 e. The number of aryl methyl sites for hydroxylation is 2. The van der Waals surface area contributed by atoms with E-state index in [-0.39, 0.29) is 17.9 Å². The summed E-state index contributed by atoms with van der Waals surface area (Å²) in [6.45, 7) is 4.56. The lowest BCUT2D eigenvalue weighted by Crippen LogP contribution is -2.37. The molecule has 1 heterocycles. The Bertz CT molecular complexity index is 799. The summed E-state index contributed by atoms with van der Waals surface area (Å²) in [4.78, 5) is 26.4. The molecule has 1 atom stereocenters. The molecule has 2 aromatic rings. The summed E-state index contributed by atoms with van der Waals surface area (Å²) in [5.74, 6) is 0.555. The van der Waals surface area contributed by atoms with E-state index in [1.807, 2.05) is 32.0 Å². The third-order valence-corrected chi connectivity index (χ3v) is 4.61. The molecule has 0 spiro atoms. The zero-order chi connectivity index (χ0) is 18.0. The van der Waals surface area contributed by atoms with Gasteiger partial charge in [0.1, 0.15) is 5.75 Å². The van der Waals surface area contributed by atoms with Crippen molar-refractivity contribution in [3.8, 4) is 5.75 Å². The van der Waals surface area contributed by atoms with Crippen LogP contribution in [0.4, 0.5) is 5.69 Å². The molecule has 1 fully saturated rings. The molecule has 5 nitrogen and oxygen atoms in total. The van der Waals surface area contributed by atoms with Crippen LogP contribution in [0.1, 0.15) is 27.9 Å². The van der Waals surface area contributed by atoms with Crippen molar-refractivity contribution in [2.75, 3.05) is 18.6 Å². The Morgan fingerprint density at radius 2 is 1.84 bits per heavy atom. The zero-order valence-electron chi connectivity index (χ0n) is 14.7. The van der Waals surface area contributed by atoms with Gasteiger partial charge in [0.05, 0.1) is 13.2 Å². The highest BCUT2D eigenvalue weighted by Gasteiger charge is 2.31. The standard InChI is InChI=1S/C20H22N2O3/c1-13-4-7-17(10-14(13)2)22-12-16(11-19(22)23)21-20(24)15-5-8-18(25-3)9-6-15/h4-10,16H,11-12H2,1-3H3,(H,21,24). The van der Waals surface area contributed by atoms with Crippen LogP contribution >= 0.6 is 0 Å². The van der Waals surface area contributed by atoms with Gasteiger partial charge in [-0.15, -0.1) is 0 Å². The highest BCUT2D eigenvalue weighted by Crippen LogP contribution is 2.24. The van der Waals surface area contributed by atoms with Crippen LogP contribution in [0.2, 0.25) is 0 Å². The van der Waals surface area contributed by atoms with Crippen LogP contribution < -0.4 is 15.0 Å².